The van der Waals surface area contributed by atoms with Crippen molar-refractivity contribution in [2.75, 3.05) is 0 Å². The SMILES string of the molecule is CCCCC1C(=O)N=C2C=CC=CN2C1=O. The number of carbonyl (C=O) groups excluding carboxylic acids is 2. The lowest BCUT2D eigenvalue weighted by Gasteiger charge is -2.28. The summed E-state index contributed by atoms with van der Waals surface area (Å²) in [6.45, 7) is 2.04. The van der Waals surface area contributed by atoms with Crippen LogP contribution in [0.5, 0.6) is 0 Å². The summed E-state index contributed by atoms with van der Waals surface area (Å²) in [7, 11) is 0. The number of hydrogen-bond donors (Lipinski definition) is 0. The molecule has 2 amide bonds. The fraction of sp³-hybridized carbons (Fsp3) is 0.417. The number of allylic oxidation sites excluding steroid dienone is 2. The second kappa shape index (κ2) is 4.43. The van der Waals surface area contributed by atoms with Gasteiger partial charge >= 0.3 is 0 Å². The molecule has 1 unspecified atom stereocenters. The van der Waals surface area contributed by atoms with E-state index in [1.807, 2.05) is 6.92 Å². The Bertz CT molecular complexity index is 407. The molecule has 0 saturated heterocycles. The van der Waals surface area contributed by atoms with Crippen molar-refractivity contribution < 1.29 is 9.59 Å². The Kier molecular flexibility index (Phi) is 2.99. The van der Waals surface area contributed by atoms with Crippen LogP contribution in [-0.4, -0.2) is 22.5 Å². The van der Waals surface area contributed by atoms with Crippen LogP contribution >= 0.6 is 0 Å². The van der Waals surface area contributed by atoms with E-state index in [0.717, 1.165) is 12.8 Å². The first kappa shape index (κ1) is 10.8. The molecule has 0 radical (unpaired) electrons. The Labute approximate surface area is 94.3 Å². The molecule has 0 aliphatic carbocycles. The lowest BCUT2D eigenvalue weighted by molar-refractivity contribution is -0.138. The zero-order valence-electron chi connectivity index (χ0n) is 9.22. The molecular weight excluding hydrogens is 204 g/mol. The monoisotopic (exact) mass is 218 g/mol. The van der Waals surface area contributed by atoms with Gasteiger partial charge in [-0.2, -0.15) is 4.99 Å². The van der Waals surface area contributed by atoms with E-state index in [1.165, 1.54) is 4.90 Å². The number of aliphatic imine (C=N–C) groups is 1. The third-order valence-electron chi connectivity index (χ3n) is 2.74. The van der Waals surface area contributed by atoms with Gasteiger partial charge in [-0.25, -0.2) is 0 Å². The average molecular weight is 218 g/mol. The summed E-state index contributed by atoms with van der Waals surface area (Å²) >= 11 is 0. The smallest absolute Gasteiger partial charge is 0.260 e. The molecule has 0 spiro atoms. The van der Waals surface area contributed by atoms with E-state index in [0.29, 0.717) is 12.3 Å². The summed E-state index contributed by atoms with van der Waals surface area (Å²) in [5, 5.41) is 0. The molecule has 2 aliphatic heterocycles. The van der Waals surface area contributed by atoms with Gasteiger partial charge in [-0.3, -0.25) is 14.5 Å². The highest BCUT2D eigenvalue weighted by Crippen LogP contribution is 2.21. The lowest BCUT2D eigenvalue weighted by atomic mass is 9.98. The molecule has 0 aromatic heterocycles. The summed E-state index contributed by atoms with van der Waals surface area (Å²) < 4.78 is 0. The van der Waals surface area contributed by atoms with Crippen LogP contribution in [0, 0.1) is 5.92 Å². The predicted octanol–water partition coefficient (Wildman–Crippen LogP) is 1.64. The average Bonchev–Trinajstić information content (AvgIpc) is 2.29. The summed E-state index contributed by atoms with van der Waals surface area (Å²) in [6, 6.07) is 0. The highest BCUT2D eigenvalue weighted by Gasteiger charge is 2.35. The molecule has 84 valence electrons. The van der Waals surface area contributed by atoms with Crippen LogP contribution in [0.4, 0.5) is 0 Å². The van der Waals surface area contributed by atoms with Crippen LogP contribution in [0.25, 0.3) is 0 Å². The van der Waals surface area contributed by atoms with Gasteiger partial charge in [0.1, 0.15) is 11.8 Å². The van der Waals surface area contributed by atoms with Gasteiger partial charge in [0.05, 0.1) is 0 Å². The van der Waals surface area contributed by atoms with Gasteiger partial charge in [0, 0.05) is 6.20 Å². The summed E-state index contributed by atoms with van der Waals surface area (Å²) in [4.78, 5) is 29.1. The first-order valence-electron chi connectivity index (χ1n) is 5.54. The predicted molar refractivity (Wildman–Crippen MR) is 60.6 cm³/mol. The number of nitrogens with zero attached hydrogens (tertiary/aromatic N) is 2. The summed E-state index contributed by atoms with van der Waals surface area (Å²) in [5.74, 6) is -0.598. The molecular formula is C12H14N2O2. The number of fused-ring (bicyclic) bond motifs is 1. The van der Waals surface area contributed by atoms with Crippen molar-refractivity contribution in [3.63, 3.8) is 0 Å². The van der Waals surface area contributed by atoms with E-state index in [-0.39, 0.29) is 11.8 Å². The fourth-order valence-corrected chi connectivity index (χ4v) is 1.83. The van der Waals surface area contributed by atoms with E-state index in [1.54, 1.807) is 24.4 Å². The van der Waals surface area contributed by atoms with Gasteiger partial charge in [-0.15, -0.1) is 0 Å². The van der Waals surface area contributed by atoms with Gasteiger partial charge in [-0.05, 0) is 18.6 Å². The molecule has 16 heavy (non-hydrogen) atoms. The van der Waals surface area contributed by atoms with Crippen molar-refractivity contribution in [3.05, 3.63) is 24.4 Å². The van der Waals surface area contributed by atoms with Crippen molar-refractivity contribution in [2.24, 2.45) is 10.9 Å². The quantitative estimate of drug-likeness (QED) is 0.676. The second-order valence-corrected chi connectivity index (χ2v) is 3.91. The zero-order valence-corrected chi connectivity index (χ0v) is 9.22. The van der Waals surface area contributed by atoms with E-state index >= 15 is 0 Å². The van der Waals surface area contributed by atoms with Crippen LogP contribution in [0.2, 0.25) is 0 Å². The Morgan fingerprint density at radius 3 is 2.94 bits per heavy atom. The molecule has 0 aromatic rings. The molecule has 2 heterocycles. The van der Waals surface area contributed by atoms with Crippen LogP contribution in [-0.2, 0) is 9.59 Å². The minimum atomic E-state index is -0.583. The highest BCUT2D eigenvalue weighted by atomic mass is 16.2. The Morgan fingerprint density at radius 1 is 1.38 bits per heavy atom. The van der Waals surface area contributed by atoms with Crippen molar-refractivity contribution in [1.29, 1.82) is 0 Å². The highest BCUT2D eigenvalue weighted by molar-refractivity contribution is 6.19. The minimum Gasteiger partial charge on any atom is -0.273 e. The first-order valence-corrected chi connectivity index (χ1v) is 5.54. The van der Waals surface area contributed by atoms with Gasteiger partial charge < -0.3 is 0 Å². The van der Waals surface area contributed by atoms with Gasteiger partial charge in [0.15, 0.2) is 0 Å². The number of hydrogen-bond acceptors (Lipinski definition) is 2. The van der Waals surface area contributed by atoms with Crippen LogP contribution in [0.1, 0.15) is 26.2 Å². The van der Waals surface area contributed by atoms with Gasteiger partial charge in [0.2, 0.25) is 5.91 Å². The lowest BCUT2D eigenvalue weighted by Crippen LogP contribution is -2.44. The topological polar surface area (TPSA) is 49.7 Å². The molecule has 4 nitrogen and oxygen atoms in total. The third kappa shape index (κ3) is 1.83. The molecule has 0 bridgehead atoms. The second-order valence-electron chi connectivity index (χ2n) is 3.91. The largest absolute Gasteiger partial charge is 0.273 e. The van der Waals surface area contributed by atoms with Crippen LogP contribution < -0.4 is 0 Å². The number of carbonyl (C=O) groups is 2. The molecule has 0 saturated carbocycles. The Morgan fingerprint density at radius 2 is 2.19 bits per heavy atom. The maximum absolute atomic E-state index is 12.0. The van der Waals surface area contributed by atoms with Crippen molar-refractivity contribution in [1.82, 2.24) is 4.90 Å². The molecule has 2 rings (SSSR count). The molecule has 1 atom stereocenters. The van der Waals surface area contributed by atoms with Crippen molar-refractivity contribution >= 4 is 17.6 Å². The molecule has 2 aliphatic rings. The standard InChI is InChI=1S/C12H14N2O2/c1-2-3-6-9-11(15)13-10-7-4-5-8-14(10)12(9)16/h4-5,7-9H,2-3,6H2,1H3. The maximum Gasteiger partial charge on any atom is 0.260 e. The van der Waals surface area contributed by atoms with E-state index < -0.39 is 5.92 Å². The van der Waals surface area contributed by atoms with E-state index in [4.69, 9.17) is 0 Å². The summed E-state index contributed by atoms with van der Waals surface area (Å²) in [6.07, 6.45) is 9.31. The number of amides is 2. The molecule has 0 fully saturated rings. The number of amidine groups is 1. The first-order chi connectivity index (χ1) is 7.74. The van der Waals surface area contributed by atoms with Crippen LogP contribution in [0.15, 0.2) is 29.4 Å². The van der Waals surface area contributed by atoms with Crippen LogP contribution in [0.3, 0.4) is 0 Å². The molecule has 0 N–H and O–H groups in total. The molecule has 0 aromatic carbocycles. The van der Waals surface area contributed by atoms with Gasteiger partial charge in [0.25, 0.3) is 5.91 Å². The maximum atomic E-state index is 12.0. The van der Waals surface area contributed by atoms with E-state index in [2.05, 4.69) is 4.99 Å². The molecule has 4 heteroatoms. The fourth-order valence-electron chi connectivity index (χ4n) is 1.83. The third-order valence-corrected chi connectivity index (χ3v) is 2.74. The normalized spacial score (nSPS) is 23.4. The Hall–Kier alpha value is -1.71. The number of rotatable bonds is 3. The van der Waals surface area contributed by atoms with E-state index in [9.17, 15) is 9.59 Å². The number of unbranched alkanes of at least 4 members (excludes halogenated alkanes) is 1. The summed E-state index contributed by atoms with van der Waals surface area (Å²) in [5.41, 5.74) is 0. The van der Waals surface area contributed by atoms with Crippen molar-refractivity contribution in [2.45, 2.75) is 26.2 Å². The van der Waals surface area contributed by atoms with Gasteiger partial charge in [-0.1, -0.05) is 25.8 Å². The van der Waals surface area contributed by atoms with Crippen molar-refractivity contribution in [3.8, 4) is 0 Å². The zero-order chi connectivity index (χ0) is 11.5. The minimum absolute atomic E-state index is 0.149. The Balaban J connectivity index is 2.22.